The number of ether oxygens (including phenoxy) is 1. The molecule has 0 bridgehead atoms. The maximum atomic E-state index is 13.1. The molecule has 0 atom stereocenters. The molecule has 4 nitrogen and oxygen atoms in total. The number of esters is 1. The first kappa shape index (κ1) is 21.8. The van der Waals surface area contributed by atoms with E-state index in [-0.39, 0.29) is 18.3 Å². The Balaban J connectivity index is 1.44. The molecule has 1 aliphatic rings. The number of aryl methyl sites for hydroxylation is 2. The number of benzene rings is 3. The van der Waals surface area contributed by atoms with Gasteiger partial charge in [-0.05, 0) is 67.4 Å². The predicted molar refractivity (Wildman–Crippen MR) is 127 cm³/mol. The molecule has 1 amide bonds. The Morgan fingerprint density at radius 1 is 0.968 bits per heavy atom. The van der Waals surface area contributed by atoms with Gasteiger partial charge in [-0.3, -0.25) is 14.5 Å². The third kappa shape index (κ3) is 4.92. The maximum Gasteiger partial charge on any atom is 0.316 e. The zero-order chi connectivity index (χ0) is 22.0. The molecule has 3 aromatic rings. The summed E-state index contributed by atoms with van der Waals surface area (Å²) in [7, 11) is 0. The van der Waals surface area contributed by atoms with Crippen molar-refractivity contribution in [2.24, 2.45) is 0 Å². The molecule has 7 heteroatoms. The SMILES string of the molecule is Cc1ccc(SCC(=O)OCC(=O)N2c3ccccc3Sc3ccc(Cl)cc32)cc1C. The van der Waals surface area contributed by atoms with Crippen LogP contribution in [0.5, 0.6) is 0 Å². The molecule has 0 aromatic heterocycles. The van der Waals surface area contributed by atoms with Crippen LogP contribution in [0.4, 0.5) is 11.4 Å². The fourth-order valence-electron chi connectivity index (χ4n) is 3.19. The second-order valence-electron chi connectivity index (χ2n) is 7.11. The zero-order valence-electron chi connectivity index (χ0n) is 17.1. The van der Waals surface area contributed by atoms with Gasteiger partial charge in [0.2, 0.25) is 0 Å². The van der Waals surface area contributed by atoms with Crippen LogP contribution < -0.4 is 4.90 Å². The molecule has 0 aliphatic carbocycles. The number of hydrogen-bond acceptors (Lipinski definition) is 5. The highest BCUT2D eigenvalue weighted by molar-refractivity contribution is 8.00. The van der Waals surface area contributed by atoms with Crippen molar-refractivity contribution >= 4 is 58.4 Å². The molecule has 0 saturated heterocycles. The van der Waals surface area contributed by atoms with Gasteiger partial charge in [-0.15, -0.1) is 11.8 Å². The minimum Gasteiger partial charge on any atom is -0.455 e. The second-order valence-corrected chi connectivity index (χ2v) is 9.68. The molecule has 0 fully saturated rings. The molecular formula is C24H20ClNO3S2. The molecular weight excluding hydrogens is 450 g/mol. The Kier molecular flexibility index (Phi) is 6.60. The molecule has 158 valence electrons. The number of halogens is 1. The second kappa shape index (κ2) is 9.39. The molecule has 0 unspecified atom stereocenters. The van der Waals surface area contributed by atoms with Crippen molar-refractivity contribution in [3.8, 4) is 0 Å². The van der Waals surface area contributed by atoms with Gasteiger partial charge in [0, 0.05) is 19.7 Å². The summed E-state index contributed by atoms with van der Waals surface area (Å²) in [6.07, 6.45) is 0. The average molecular weight is 470 g/mol. The van der Waals surface area contributed by atoms with E-state index >= 15 is 0 Å². The minimum atomic E-state index is -0.428. The summed E-state index contributed by atoms with van der Waals surface area (Å²) in [5.74, 6) is -0.603. The summed E-state index contributed by atoms with van der Waals surface area (Å²) < 4.78 is 5.30. The molecule has 31 heavy (non-hydrogen) atoms. The van der Waals surface area contributed by atoms with Crippen LogP contribution in [0.2, 0.25) is 5.02 Å². The number of nitrogens with zero attached hydrogens (tertiary/aromatic N) is 1. The van der Waals surface area contributed by atoms with E-state index in [4.69, 9.17) is 16.3 Å². The van der Waals surface area contributed by atoms with E-state index in [1.54, 1.807) is 28.8 Å². The summed E-state index contributed by atoms with van der Waals surface area (Å²) in [6.45, 7) is 3.75. The third-order valence-corrected chi connectivity index (χ3v) is 7.26. The summed E-state index contributed by atoms with van der Waals surface area (Å²) in [5, 5.41) is 0.540. The molecule has 4 rings (SSSR count). The molecule has 0 N–H and O–H groups in total. The van der Waals surface area contributed by atoms with E-state index in [2.05, 4.69) is 0 Å². The van der Waals surface area contributed by atoms with Gasteiger partial charge in [-0.25, -0.2) is 0 Å². The third-order valence-electron chi connectivity index (χ3n) is 4.93. The highest BCUT2D eigenvalue weighted by Crippen LogP contribution is 2.48. The lowest BCUT2D eigenvalue weighted by Gasteiger charge is -2.31. The standard InChI is InChI=1S/C24H20ClNO3S2/c1-15-7-9-18(11-16(15)2)30-14-24(28)29-13-23(27)26-19-5-3-4-6-21(19)31-22-10-8-17(25)12-20(22)26/h3-12H,13-14H2,1-2H3. The van der Waals surface area contributed by atoms with Crippen LogP contribution in [-0.2, 0) is 14.3 Å². The van der Waals surface area contributed by atoms with Crippen LogP contribution in [0, 0.1) is 13.8 Å². The monoisotopic (exact) mass is 469 g/mol. The largest absolute Gasteiger partial charge is 0.455 e. The quantitative estimate of drug-likeness (QED) is 0.318. The summed E-state index contributed by atoms with van der Waals surface area (Å²) >= 11 is 9.16. The van der Waals surface area contributed by atoms with E-state index < -0.39 is 5.97 Å². The minimum absolute atomic E-state index is 0.143. The molecule has 1 heterocycles. The van der Waals surface area contributed by atoms with Gasteiger partial charge in [0.05, 0.1) is 17.1 Å². The molecule has 3 aromatic carbocycles. The number of thioether (sulfide) groups is 1. The highest BCUT2D eigenvalue weighted by Gasteiger charge is 2.29. The smallest absolute Gasteiger partial charge is 0.316 e. The van der Waals surface area contributed by atoms with Gasteiger partial charge in [-0.2, -0.15) is 0 Å². The number of para-hydroxylation sites is 1. The number of fused-ring (bicyclic) bond motifs is 2. The number of carbonyl (C=O) groups excluding carboxylic acids is 2. The summed E-state index contributed by atoms with van der Waals surface area (Å²) in [6, 6.07) is 19.1. The summed E-state index contributed by atoms with van der Waals surface area (Å²) in [4.78, 5) is 29.8. The van der Waals surface area contributed by atoms with E-state index in [9.17, 15) is 9.59 Å². The maximum absolute atomic E-state index is 13.1. The Morgan fingerprint density at radius 3 is 2.55 bits per heavy atom. The van der Waals surface area contributed by atoms with E-state index in [0.29, 0.717) is 10.7 Å². The number of carbonyl (C=O) groups is 2. The van der Waals surface area contributed by atoms with Gasteiger partial charge < -0.3 is 4.74 Å². The lowest BCUT2D eigenvalue weighted by atomic mass is 10.1. The Labute approximate surface area is 194 Å². The van der Waals surface area contributed by atoms with Gasteiger partial charge in [0.15, 0.2) is 6.61 Å². The Hall–Kier alpha value is -2.41. The van der Waals surface area contributed by atoms with E-state index in [1.807, 2.05) is 62.4 Å². The zero-order valence-corrected chi connectivity index (χ0v) is 19.4. The van der Waals surface area contributed by atoms with Crippen molar-refractivity contribution in [1.82, 2.24) is 0 Å². The van der Waals surface area contributed by atoms with Gasteiger partial charge in [0.1, 0.15) is 0 Å². The van der Waals surface area contributed by atoms with Crippen LogP contribution in [0.3, 0.4) is 0 Å². The number of hydrogen-bond donors (Lipinski definition) is 0. The van der Waals surface area contributed by atoms with Crippen molar-refractivity contribution in [3.63, 3.8) is 0 Å². The Morgan fingerprint density at radius 2 is 1.74 bits per heavy atom. The van der Waals surface area contributed by atoms with Crippen molar-refractivity contribution in [2.45, 2.75) is 28.5 Å². The van der Waals surface area contributed by atoms with Gasteiger partial charge in [0.25, 0.3) is 5.91 Å². The van der Waals surface area contributed by atoms with Gasteiger partial charge >= 0.3 is 5.97 Å². The van der Waals surface area contributed by atoms with Crippen LogP contribution in [-0.4, -0.2) is 24.2 Å². The first-order valence-electron chi connectivity index (χ1n) is 9.67. The van der Waals surface area contributed by atoms with Crippen LogP contribution in [0.15, 0.2) is 75.4 Å². The average Bonchev–Trinajstić information content (AvgIpc) is 2.76. The predicted octanol–water partition coefficient (Wildman–Crippen LogP) is 6.42. The highest BCUT2D eigenvalue weighted by atomic mass is 35.5. The number of amides is 1. The van der Waals surface area contributed by atoms with Crippen molar-refractivity contribution in [1.29, 1.82) is 0 Å². The lowest BCUT2D eigenvalue weighted by molar-refractivity contribution is -0.144. The lowest BCUT2D eigenvalue weighted by Crippen LogP contribution is -2.32. The topological polar surface area (TPSA) is 46.6 Å². The molecule has 0 saturated carbocycles. The Bertz CT molecular complexity index is 1170. The fourth-order valence-corrected chi connectivity index (χ4v) is 5.19. The van der Waals surface area contributed by atoms with Crippen LogP contribution in [0.1, 0.15) is 11.1 Å². The first-order valence-corrected chi connectivity index (χ1v) is 11.9. The first-order chi connectivity index (χ1) is 14.9. The van der Waals surface area contributed by atoms with E-state index in [0.717, 1.165) is 20.4 Å². The van der Waals surface area contributed by atoms with Crippen LogP contribution in [0.25, 0.3) is 0 Å². The number of rotatable bonds is 5. The van der Waals surface area contributed by atoms with Gasteiger partial charge in [-0.1, -0.05) is 41.6 Å². The van der Waals surface area contributed by atoms with Crippen molar-refractivity contribution in [2.75, 3.05) is 17.3 Å². The number of anilines is 2. The van der Waals surface area contributed by atoms with Crippen molar-refractivity contribution < 1.29 is 14.3 Å². The van der Waals surface area contributed by atoms with Crippen molar-refractivity contribution in [3.05, 3.63) is 76.8 Å². The van der Waals surface area contributed by atoms with Crippen LogP contribution >= 0.6 is 35.1 Å². The normalized spacial score (nSPS) is 12.2. The fraction of sp³-hybridized carbons (Fsp3) is 0.167. The van der Waals surface area contributed by atoms with E-state index in [1.165, 1.54) is 22.9 Å². The molecule has 0 radical (unpaired) electrons. The molecule has 0 spiro atoms. The molecule has 1 aliphatic heterocycles. The summed E-state index contributed by atoms with van der Waals surface area (Å²) in [5.41, 5.74) is 3.83.